The van der Waals surface area contributed by atoms with Crippen LogP contribution in [0.1, 0.15) is 5.69 Å². The van der Waals surface area contributed by atoms with E-state index in [-0.39, 0.29) is 5.82 Å². The Morgan fingerprint density at radius 2 is 2.05 bits per heavy atom. The van der Waals surface area contributed by atoms with Gasteiger partial charge in [0.1, 0.15) is 11.6 Å². The van der Waals surface area contributed by atoms with Gasteiger partial charge >= 0.3 is 0 Å². The summed E-state index contributed by atoms with van der Waals surface area (Å²) in [5.41, 5.74) is 1.70. The summed E-state index contributed by atoms with van der Waals surface area (Å²) in [6, 6.07) is 13.0. The van der Waals surface area contributed by atoms with E-state index in [1.165, 1.54) is 6.07 Å². The third kappa shape index (κ3) is 3.25. The van der Waals surface area contributed by atoms with Crippen LogP contribution in [0.4, 0.5) is 10.2 Å². The van der Waals surface area contributed by atoms with Crippen molar-refractivity contribution in [2.75, 3.05) is 18.5 Å². The molecule has 0 amide bonds. The molecule has 0 atom stereocenters. The topological polar surface area (TPSA) is 29.0 Å². The van der Waals surface area contributed by atoms with Crippen molar-refractivity contribution in [2.45, 2.75) is 6.42 Å². The molecule has 5 heteroatoms. The quantitative estimate of drug-likeness (QED) is 0.698. The zero-order valence-corrected chi connectivity index (χ0v) is 13.7. The molecule has 0 fully saturated rings. The van der Waals surface area contributed by atoms with Crippen LogP contribution in [-0.2, 0) is 6.42 Å². The third-order valence-corrected chi connectivity index (χ3v) is 4.14. The van der Waals surface area contributed by atoms with Crippen LogP contribution < -0.4 is 4.90 Å². The molecule has 2 heterocycles. The number of likely N-dealkylation sites (N-methyl/N-ethyl adjacent to an activating group) is 1. The molecule has 3 aromatic rings. The number of fused-ring (bicyclic) bond motifs is 1. The molecule has 3 rings (SSSR count). The van der Waals surface area contributed by atoms with Gasteiger partial charge in [-0.15, -0.1) is 0 Å². The molecule has 0 saturated carbocycles. The Morgan fingerprint density at radius 3 is 2.82 bits per heavy atom. The molecule has 0 radical (unpaired) electrons. The van der Waals surface area contributed by atoms with Crippen LogP contribution in [0, 0.1) is 5.82 Å². The van der Waals surface area contributed by atoms with Gasteiger partial charge in [0.2, 0.25) is 0 Å². The normalized spacial score (nSPS) is 10.9. The van der Waals surface area contributed by atoms with E-state index in [4.69, 9.17) is 0 Å². The molecule has 0 aliphatic heterocycles. The lowest BCUT2D eigenvalue weighted by Gasteiger charge is -2.18. The Morgan fingerprint density at radius 1 is 1.18 bits per heavy atom. The summed E-state index contributed by atoms with van der Waals surface area (Å²) < 4.78 is 14.1. The van der Waals surface area contributed by atoms with Crippen molar-refractivity contribution in [2.24, 2.45) is 0 Å². The molecule has 1 aromatic carbocycles. The van der Waals surface area contributed by atoms with Gasteiger partial charge in [0.15, 0.2) is 0 Å². The molecule has 112 valence electrons. The predicted octanol–water partition coefficient (Wildman–Crippen LogP) is 4.21. The van der Waals surface area contributed by atoms with Crippen LogP contribution in [-0.4, -0.2) is 23.6 Å². The number of hydrogen-bond donors (Lipinski definition) is 0. The maximum absolute atomic E-state index is 13.6. The number of pyridine rings is 2. The molecule has 3 nitrogen and oxygen atoms in total. The highest BCUT2D eigenvalue weighted by molar-refractivity contribution is 9.10. The Kier molecular flexibility index (Phi) is 4.34. The van der Waals surface area contributed by atoms with E-state index in [0.29, 0.717) is 9.99 Å². The van der Waals surface area contributed by atoms with E-state index in [0.717, 1.165) is 29.9 Å². The van der Waals surface area contributed by atoms with Gasteiger partial charge in [0, 0.05) is 43.4 Å². The SMILES string of the molecule is CN(CCc1ccccn1)c1ccc2cc(Br)c(F)cc2n1. The van der Waals surface area contributed by atoms with E-state index in [9.17, 15) is 4.39 Å². The maximum atomic E-state index is 13.6. The standard InChI is InChI=1S/C17H15BrFN3/c1-22(9-7-13-4-2-3-8-20-13)17-6-5-12-10-14(18)15(19)11-16(12)21-17/h2-6,8,10-11H,7,9H2,1H3. The number of rotatable bonds is 4. The minimum absolute atomic E-state index is 0.298. The van der Waals surface area contributed by atoms with Crippen LogP contribution in [0.25, 0.3) is 10.9 Å². The van der Waals surface area contributed by atoms with E-state index >= 15 is 0 Å². The first-order valence-electron chi connectivity index (χ1n) is 7.00. The van der Waals surface area contributed by atoms with Crippen molar-refractivity contribution in [3.8, 4) is 0 Å². The summed E-state index contributed by atoms with van der Waals surface area (Å²) in [5, 5.41) is 0.912. The van der Waals surface area contributed by atoms with E-state index in [2.05, 4.69) is 25.9 Å². The van der Waals surface area contributed by atoms with Gasteiger partial charge in [-0.1, -0.05) is 6.07 Å². The van der Waals surface area contributed by atoms with Crippen molar-refractivity contribution >= 4 is 32.7 Å². The van der Waals surface area contributed by atoms with Gasteiger partial charge in [-0.3, -0.25) is 4.98 Å². The molecule has 0 saturated heterocycles. The maximum Gasteiger partial charge on any atom is 0.139 e. The number of anilines is 1. The molecule has 0 aliphatic rings. The average molecular weight is 360 g/mol. The Hall–Kier alpha value is -2.01. The fourth-order valence-corrected chi connectivity index (χ4v) is 2.62. The first-order valence-corrected chi connectivity index (χ1v) is 7.79. The smallest absolute Gasteiger partial charge is 0.139 e. The monoisotopic (exact) mass is 359 g/mol. The van der Waals surface area contributed by atoms with Crippen molar-refractivity contribution in [1.82, 2.24) is 9.97 Å². The van der Waals surface area contributed by atoms with E-state index in [1.54, 1.807) is 12.3 Å². The molecular weight excluding hydrogens is 345 g/mol. The highest BCUT2D eigenvalue weighted by atomic mass is 79.9. The van der Waals surface area contributed by atoms with E-state index in [1.807, 2.05) is 42.3 Å². The van der Waals surface area contributed by atoms with Crippen LogP contribution in [0.15, 0.2) is 53.1 Å². The second kappa shape index (κ2) is 6.40. The van der Waals surface area contributed by atoms with Gasteiger partial charge in [-0.2, -0.15) is 0 Å². The average Bonchev–Trinajstić information content (AvgIpc) is 2.54. The van der Waals surface area contributed by atoms with Gasteiger partial charge in [-0.05, 0) is 46.3 Å². The Bertz CT molecular complexity index is 793. The second-order valence-corrected chi connectivity index (χ2v) is 5.98. The number of benzene rings is 1. The number of aromatic nitrogens is 2. The van der Waals surface area contributed by atoms with Gasteiger partial charge in [0.05, 0.1) is 9.99 Å². The van der Waals surface area contributed by atoms with Crippen LogP contribution in [0.5, 0.6) is 0 Å². The first kappa shape index (κ1) is 14.9. The summed E-state index contributed by atoms with van der Waals surface area (Å²) in [5.74, 6) is 0.526. The Labute approximate surface area is 136 Å². The first-order chi connectivity index (χ1) is 10.6. The van der Waals surface area contributed by atoms with Crippen molar-refractivity contribution < 1.29 is 4.39 Å². The molecule has 22 heavy (non-hydrogen) atoms. The molecule has 0 N–H and O–H groups in total. The van der Waals surface area contributed by atoms with Crippen molar-refractivity contribution in [1.29, 1.82) is 0 Å². The zero-order chi connectivity index (χ0) is 15.5. The summed E-state index contributed by atoms with van der Waals surface area (Å²) >= 11 is 3.19. The highest BCUT2D eigenvalue weighted by Crippen LogP contribution is 2.24. The van der Waals surface area contributed by atoms with Crippen LogP contribution in [0.2, 0.25) is 0 Å². The van der Waals surface area contributed by atoms with Gasteiger partial charge in [-0.25, -0.2) is 9.37 Å². The zero-order valence-electron chi connectivity index (χ0n) is 12.1. The minimum atomic E-state index is -0.298. The molecule has 0 bridgehead atoms. The number of nitrogens with zero attached hydrogens (tertiary/aromatic N) is 3. The summed E-state index contributed by atoms with van der Waals surface area (Å²) in [7, 11) is 1.98. The van der Waals surface area contributed by atoms with Crippen molar-refractivity contribution in [3.05, 3.63) is 64.6 Å². The minimum Gasteiger partial charge on any atom is -0.359 e. The largest absolute Gasteiger partial charge is 0.359 e. The molecule has 0 spiro atoms. The Balaban J connectivity index is 1.79. The fraction of sp³-hybridized carbons (Fsp3) is 0.176. The lowest BCUT2D eigenvalue weighted by molar-refractivity contribution is 0.623. The number of halogens is 2. The molecular formula is C17H15BrFN3. The van der Waals surface area contributed by atoms with Crippen LogP contribution in [0.3, 0.4) is 0 Å². The fourth-order valence-electron chi connectivity index (χ4n) is 2.26. The third-order valence-electron chi connectivity index (χ3n) is 3.54. The van der Waals surface area contributed by atoms with Gasteiger partial charge in [0.25, 0.3) is 0 Å². The second-order valence-electron chi connectivity index (χ2n) is 5.12. The summed E-state index contributed by atoms with van der Waals surface area (Å²) in [6.07, 6.45) is 2.63. The summed E-state index contributed by atoms with van der Waals surface area (Å²) in [4.78, 5) is 10.9. The molecule has 2 aromatic heterocycles. The van der Waals surface area contributed by atoms with Crippen molar-refractivity contribution in [3.63, 3.8) is 0 Å². The molecule has 0 unspecified atom stereocenters. The van der Waals surface area contributed by atoms with Crippen LogP contribution >= 0.6 is 15.9 Å². The van der Waals surface area contributed by atoms with Gasteiger partial charge < -0.3 is 4.90 Å². The predicted molar refractivity (Wildman–Crippen MR) is 90.6 cm³/mol. The lowest BCUT2D eigenvalue weighted by Crippen LogP contribution is -2.21. The van der Waals surface area contributed by atoms with E-state index < -0.39 is 0 Å². The lowest BCUT2D eigenvalue weighted by atomic mass is 10.2. The summed E-state index contributed by atoms with van der Waals surface area (Å²) in [6.45, 7) is 0.800. The highest BCUT2D eigenvalue weighted by Gasteiger charge is 2.07. The number of hydrogen-bond acceptors (Lipinski definition) is 3. The molecule has 0 aliphatic carbocycles.